The first-order valence-electron chi connectivity index (χ1n) is 4.80. The lowest BCUT2D eigenvalue weighted by Crippen LogP contribution is -2.27. The minimum atomic E-state index is -0.526. The molecule has 0 aromatic heterocycles. The van der Waals surface area contributed by atoms with Gasteiger partial charge in [-0.05, 0) is 31.5 Å². The largest absolute Gasteiger partial charge is 0.314 e. The molecule has 0 aliphatic carbocycles. The van der Waals surface area contributed by atoms with Crippen LogP contribution in [0.15, 0.2) is 18.2 Å². The molecule has 0 amide bonds. The molecule has 0 aliphatic rings. The van der Waals surface area contributed by atoms with Gasteiger partial charge in [0.25, 0.3) is 0 Å². The first-order chi connectivity index (χ1) is 6.63. The summed E-state index contributed by atoms with van der Waals surface area (Å²) in [5.74, 6) is -0.989. The molecule has 0 aliphatic heterocycles. The number of halogens is 2. The predicted molar refractivity (Wildman–Crippen MR) is 53.2 cm³/mol. The van der Waals surface area contributed by atoms with E-state index in [1.807, 2.05) is 13.8 Å². The highest BCUT2D eigenvalue weighted by molar-refractivity contribution is 5.19. The molecule has 0 spiro atoms. The van der Waals surface area contributed by atoms with Crippen molar-refractivity contribution in [3.05, 3.63) is 35.4 Å². The minimum absolute atomic E-state index is 0.208. The van der Waals surface area contributed by atoms with Gasteiger partial charge < -0.3 is 5.32 Å². The Morgan fingerprint density at radius 3 is 2.64 bits per heavy atom. The van der Waals surface area contributed by atoms with E-state index in [1.165, 1.54) is 12.1 Å². The van der Waals surface area contributed by atoms with Gasteiger partial charge in [0.15, 0.2) is 0 Å². The number of hydrogen-bond donors (Lipinski definition) is 1. The summed E-state index contributed by atoms with van der Waals surface area (Å²) in [5, 5.41) is 3.18. The molecule has 1 nitrogen and oxygen atoms in total. The van der Waals surface area contributed by atoms with Crippen molar-refractivity contribution in [1.29, 1.82) is 0 Å². The second-order valence-electron chi connectivity index (χ2n) is 3.40. The molecule has 0 fully saturated rings. The second-order valence-corrected chi connectivity index (χ2v) is 3.40. The lowest BCUT2D eigenvalue weighted by atomic mass is 10.1. The van der Waals surface area contributed by atoms with Gasteiger partial charge in [-0.25, -0.2) is 8.78 Å². The van der Waals surface area contributed by atoms with Gasteiger partial charge in [0.1, 0.15) is 11.6 Å². The van der Waals surface area contributed by atoms with Crippen LogP contribution in [-0.2, 0) is 6.42 Å². The quantitative estimate of drug-likeness (QED) is 0.785. The maximum absolute atomic E-state index is 13.2. The van der Waals surface area contributed by atoms with E-state index in [4.69, 9.17) is 0 Å². The Balaban J connectivity index is 2.67. The molecule has 0 radical (unpaired) electrons. The highest BCUT2D eigenvalue weighted by Crippen LogP contribution is 2.11. The molecule has 0 unspecified atom stereocenters. The van der Waals surface area contributed by atoms with E-state index in [1.54, 1.807) is 0 Å². The maximum Gasteiger partial charge on any atom is 0.129 e. The van der Waals surface area contributed by atoms with Crippen molar-refractivity contribution in [2.45, 2.75) is 26.3 Å². The normalized spacial score (nSPS) is 12.9. The monoisotopic (exact) mass is 199 g/mol. The highest BCUT2D eigenvalue weighted by atomic mass is 19.1. The Morgan fingerprint density at radius 1 is 1.36 bits per heavy atom. The van der Waals surface area contributed by atoms with Crippen LogP contribution in [0.2, 0.25) is 0 Å². The minimum Gasteiger partial charge on any atom is -0.314 e. The number of likely N-dealkylation sites (N-methyl/N-ethyl adjacent to an activating group) is 1. The molecule has 0 bridgehead atoms. The summed E-state index contributed by atoms with van der Waals surface area (Å²) in [6.45, 7) is 4.83. The third kappa shape index (κ3) is 3.07. The Hall–Kier alpha value is -0.960. The van der Waals surface area contributed by atoms with Crippen LogP contribution < -0.4 is 5.32 Å². The summed E-state index contributed by atoms with van der Waals surface area (Å²) in [5.41, 5.74) is 0.555. The summed E-state index contributed by atoms with van der Waals surface area (Å²) in [6.07, 6.45) is 0.583. The van der Waals surface area contributed by atoms with E-state index in [0.717, 1.165) is 12.6 Å². The molecule has 1 atom stereocenters. The van der Waals surface area contributed by atoms with E-state index in [-0.39, 0.29) is 6.04 Å². The zero-order valence-electron chi connectivity index (χ0n) is 8.48. The molecule has 1 N–H and O–H groups in total. The summed E-state index contributed by atoms with van der Waals surface area (Å²) >= 11 is 0. The van der Waals surface area contributed by atoms with Gasteiger partial charge in [0.2, 0.25) is 0 Å². The van der Waals surface area contributed by atoms with Crippen LogP contribution >= 0.6 is 0 Å². The van der Waals surface area contributed by atoms with E-state index >= 15 is 0 Å². The molecule has 1 aromatic rings. The van der Waals surface area contributed by atoms with Gasteiger partial charge in [0, 0.05) is 12.1 Å². The van der Waals surface area contributed by atoms with Crippen LogP contribution in [0.25, 0.3) is 0 Å². The number of nitrogens with one attached hydrogen (secondary N) is 1. The zero-order valence-corrected chi connectivity index (χ0v) is 8.48. The summed E-state index contributed by atoms with van der Waals surface area (Å²) in [6, 6.07) is 3.92. The summed E-state index contributed by atoms with van der Waals surface area (Å²) in [4.78, 5) is 0. The molecule has 3 heteroatoms. The lowest BCUT2D eigenvalue weighted by Gasteiger charge is -2.12. The second kappa shape index (κ2) is 5.05. The third-order valence-corrected chi connectivity index (χ3v) is 2.09. The van der Waals surface area contributed by atoms with Crippen LogP contribution in [0.3, 0.4) is 0 Å². The molecule has 1 rings (SSSR count). The van der Waals surface area contributed by atoms with Crippen LogP contribution in [0.1, 0.15) is 19.4 Å². The fourth-order valence-electron chi connectivity index (χ4n) is 1.44. The van der Waals surface area contributed by atoms with Crippen molar-refractivity contribution in [3.8, 4) is 0 Å². The molecule has 1 aromatic carbocycles. The van der Waals surface area contributed by atoms with Crippen LogP contribution in [0.4, 0.5) is 8.78 Å². The van der Waals surface area contributed by atoms with Crippen molar-refractivity contribution in [3.63, 3.8) is 0 Å². The number of rotatable bonds is 4. The van der Waals surface area contributed by atoms with E-state index < -0.39 is 11.6 Å². The Bertz CT molecular complexity index is 299. The van der Waals surface area contributed by atoms with Gasteiger partial charge in [0.05, 0.1) is 0 Å². The first-order valence-corrected chi connectivity index (χ1v) is 4.80. The first kappa shape index (κ1) is 11.1. The van der Waals surface area contributed by atoms with Gasteiger partial charge in [-0.2, -0.15) is 0 Å². The zero-order chi connectivity index (χ0) is 10.6. The van der Waals surface area contributed by atoms with Crippen molar-refractivity contribution >= 4 is 0 Å². The van der Waals surface area contributed by atoms with Crippen molar-refractivity contribution < 1.29 is 8.78 Å². The molecule has 0 saturated heterocycles. The van der Waals surface area contributed by atoms with E-state index in [0.29, 0.717) is 12.0 Å². The standard InChI is InChI=1S/C11H15F2N/c1-3-14-8(2)6-9-4-5-10(12)7-11(9)13/h4-5,7-8,14H,3,6H2,1-2H3/t8-/m0/s1. The van der Waals surface area contributed by atoms with Gasteiger partial charge in [-0.1, -0.05) is 13.0 Å². The molecule has 0 saturated carbocycles. The smallest absolute Gasteiger partial charge is 0.129 e. The average Bonchev–Trinajstić information content (AvgIpc) is 2.10. The van der Waals surface area contributed by atoms with Crippen LogP contribution in [0, 0.1) is 11.6 Å². The molecule has 78 valence electrons. The van der Waals surface area contributed by atoms with Crippen LogP contribution in [-0.4, -0.2) is 12.6 Å². The Morgan fingerprint density at radius 2 is 2.07 bits per heavy atom. The number of benzene rings is 1. The predicted octanol–water partition coefficient (Wildman–Crippen LogP) is 2.51. The maximum atomic E-state index is 13.2. The summed E-state index contributed by atoms with van der Waals surface area (Å²) in [7, 11) is 0. The Kier molecular flexibility index (Phi) is 4.01. The Labute approximate surface area is 83.1 Å². The lowest BCUT2D eigenvalue weighted by molar-refractivity contribution is 0.531. The topological polar surface area (TPSA) is 12.0 Å². The van der Waals surface area contributed by atoms with Crippen LogP contribution in [0.5, 0.6) is 0 Å². The average molecular weight is 199 g/mol. The van der Waals surface area contributed by atoms with Gasteiger partial charge in [-0.3, -0.25) is 0 Å². The molecular formula is C11H15F2N. The van der Waals surface area contributed by atoms with Crippen molar-refractivity contribution in [2.75, 3.05) is 6.54 Å². The summed E-state index contributed by atoms with van der Waals surface area (Å²) < 4.78 is 25.8. The van der Waals surface area contributed by atoms with Gasteiger partial charge >= 0.3 is 0 Å². The number of hydrogen-bond acceptors (Lipinski definition) is 1. The SMILES string of the molecule is CCN[C@@H](C)Cc1ccc(F)cc1F. The van der Waals surface area contributed by atoms with Crippen molar-refractivity contribution in [1.82, 2.24) is 5.32 Å². The van der Waals surface area contributed by atoms with E-state index in [2.05, 4.69) is 5.32 Å². The fraction of sp³-hybridized carbons (Fsp3) is 0.455. The van der Waals surface area contributed by atoms with Gasteiger partial charge in [-0.15, -0.1) is 0 Å². The molecular weight excluding hydrogens is 184 g/mol. The van der Waals surface area contributed by atoms with Crippen molar-refractivity contribution in [2.24, 2.45) is 0 Å². The third-order valence-electron chi connectivity index (χ3n) is 2.09. The molecule has 14 heavy (non-hydrogen) atoms. The van der Waals surface area contributed by atoms with E-state index in [9.17, 15) is 8.78 Å². The highest BCUT2D eigenvalue weighted by Gasteiger charge is 2.07. The molecule has 0 heterocycles. The fourth-order valence-corrected chi connectivity index (χ4v) is 1.44.